The summed E-state index contributed by atoms with van der Waals surface area (Å²) in [6.45, 7) is 0. The molecule has 128 valence electrons. The summed E-state index contributed by atoms with van der Waals surface area (Å²) >= 11 is -22.5. The molecule has 0 aliphatic carbocycles. The summed E-state index contributed by atoms with van der Waals surface area (Å²) in [6, 6.07) is 0. The molecule has 16 nitrogen and oxygen atoms in total. The summed E-state index contributed by atoms with van der Waals surface area (Å²) in [5.74, 6) is 0. The zero-order valence-electron chi connectivity index (χ0n) is 8.54. The molecule has 0 fully saturated rings. The van der Waals surface area contributed by atoms with E-state index in [2.05, 4.69) is 0 Å². The Balaban J connectivity index is -0.0000000533. The predicted octanol–water partition coefficient (Wildman–Crippen LogP) is -6.57. The van der Waals surface area contributed by atoms with Crippen LogP contribution in [0.3, 0.4) is 0 Å². The third-order valence-corrected chi connectivity index (χ3v) is 0. The fourth-order valence-corrected chi connectivity index (χ4v) is 0. The smallest absolute Gasteiger partial charge is 4.00 e. The fourth-order valence-electron chi connectivity index (χ4n) is 0. The average molecular weight is 594 g/mol. The van der Waals surface area contributed by atoms with Gasteiger partial charge in [-0.3, -0.25) is 0 Å². The number of hydrogen-bond donors (Lipinski definition) is 0. The Kier molecular flexibility index (Phi) is 20.2. The maximum absolute atomic E-state index is 8.58. The molecular formula is Mn4O16Sn. The van der Waals surface area contributed by atoms with E-state index in [1.165, 1.54) is 0 Å². The normalized spacial score (nSPS) is 10.9. The molecule has 0 aliphatic heterocycles. The molecular weight excluding hydrogens is 594 g/mol. The van der Waals surface area contributed by atoms with Gasteiger partial charge >= 0.3 is 139 Å². The van der Waals surface area contributed by atoms with E-state index >= 15 is 0 Å². The Morgan fingerprint density at radius 3 is 0.333 bits per heavy atom. The van der Waals surface area contributed by atoms with Gasteiger partial charge in [-0.1, -0.05) is 0 Å². The van der Waals surface area contributed by atoms with Gasteiger partial charge < -0.3 is 0 Å². The molecule has 0 radical (unpaired) electrons. The quantitative estimate of drug-likeness (QED) is 0.235. The molecule has 0 bridgehead atoms. The summed E-state index contributed by atoms with van der Waals surface area (Å²) in [6.07, 6.45) is 0. The van der Waals surface area contributed by atoms with Crippen LogP contribution < -0.4 is 16.8 Å². The van der Waals surface area contributed by atoms with Gasteiger partial charge in [0, 0.05) is 0 Å². The van der Waals surface area contributed by atoms with Crippen molar-refractivity contribution >= 4 is 23.9 Å². The maximum Gasteiger partial charge on any atom is 4.00 e. The summed E-state index contributed by atoms with van der Waals surface area (Å²) < 4.78 is 137. The van der Waals surface area contributed by atoms with Gasteiger partial charge in [0.2, 0.25) is 0 Å². The molecule has 0 spiro atoms. The molecule has 0 unspecified atom stereocenters. The van der Waals surface area contributed by atoms with Crippen molar-refractivity contribution in [2.45, 2.75) is 0 Å². The van der Waals surface area contributed by atoms with Gasteiger partial charge in [-0.15, -0.1) is 0 Å². The molecule has 21 heteroatoms. The summed E-state index contributed by atoms with van der Waals surface area (Å²) in [7, 11) is 0. The van der Waals surface area contributed by atoms with Crippen LogP contribution in [0.2, 0.25) is 0 Å². The first-order valence-electron chi connectivity index (χ1n) is 2.47. The van der Waals surface area contributed by atoms with Crippen molar-refractivity contribution in [3.05, 3.63) is 0 Å². The van der Waals surface area contributed by atoms with Crippen LogP contribution in [0.1, 0.15) is 0 Å². The van der Waals surface area contributed by atoms with E-state index in [1.807, 2.05) is 0 Å². The van der Waals surface area contributed by atoms with Gasteiger partial charge in [0.1, 0.15) is 0 Å². The second-order valence-electron chi connectivity index (χ2n) is 1.51. The van der Waals surface area contributed by atoms with E-state index in [4.69, 9.17) is 62.8 Å². The molecule has 0 saturated carbocycles. The third kappa shape index (κ3) is 68000. The van der Waals surface area contributed by atoms with Gasteiger partial charge in [-0.25, -0.2) is 0 Å². The monoisotopic (exact) mass is 596 g/mol. The fraction of sp³-hybridized carbons (Fsp3) is 0. The molecule has 0 amide bonds. The van der Waals surface area contributed by atoms with E-state index in [1.54, 1.807) is 0 Å². The standard InChI is InChI=1S/4Mn.16O.Sn/q;;;;;;;;;;;;;;;;4*-1;+4. The van der Waals surface area contributed by atoms with E-state index in [0.717, 1.165) is 0 Å². The molecule has 21 heavy (non-hydrogen) atoms. The maximum atomic E-state index is 8.58. The zero-order chi connectivity index (χ0) is 18.0. The molecule has 0 atom stereocenters. The van der Waals surface area contributed by atoms with Crippen LogP contribution in [-0.4, -0.2) is 23.9 Å². The summed E-state index contributed by atoms with van der Waals surface area (Å²) in [4.78, 5) is 0. The van der Waals surface area contributed by atoms with Crippen LogP contribution in [0.5, 0.6) is 0 Å². The number of rotatable bonds is 0. The van der Waals surface area contributed by atoms with Gasteiger partial charge in [0.05, 0.1) is 0 Å². The Morgan fingerprint density at radius 1 is 0.333 bits per heavy atom. The molecule has 0 aromatic heterocycles. The van der Waals surface area contributed by atoms with E-state index in [0.29, 0.717) is 0 Å². The molecule has 0 saturated heterocycles. The van der Waals surface area contributed by atoms with Crippen molar-refractivity contribution in [2.75, 3.05) is 0 Å². The van der Waals surface area contributed by atoms with Crippen molar-refractivity contribution in [3.8, 4) is 0 Å². The largest absolute Gasteiger partial charge is 4.00 e. The molecule has 0 aliphatic rings. The second kappa shape index (κ2) is 12.8. The van der Waals surface area contributed by atoms with Gasteiger partial charge in [0.25, 0.3) is 0 Å². The van der Waals surface area contributed by atoms with Crippen LogP contribution in [0.15, 0.2) is 0 Å². The minimum atomic E-state index is -5.62. The molecule has 0 aromatic rings. The Labute approximate surface area is 137 Å². The van der Waals surface area contributed by atoms with Gasteiger partial charge in [0.15, 0.2) is 0 Å². The second-order valence-corrected chi connectivity index (χ2v) is 6.23. The molecule has 0 aromatic carbocycles. The Hall–Kier alpha value is 0.317. The van der Waals surface area contributed by atoms with Gasteiger partial charge in [-0.05, 0) is 0 Å². The topological polar surface area (TPSA) is 297 Å². The van der Waals surface area contributed by atoms with Crippen molar-refractivity contribution in [3.63, 3.8) is 0 Å². The summed E-state index contributed by atoms with van der Waals surface area (Å²) in [5, 5.41) is 0. The van der Waals surface area contributed by atoms with Crippen LogP contribution in [0.4, 0.5) is 0 Å². The Bertz CT molecular complexity index is 673. The first-order chi connectivity index (χ1) is 8.00. The first kappa shape index (κ1) is 33.0. The summed E-state index contributed by atoms with van der Waals surface area (Å²) in [5.41, 5.74) is 0. The van der Waals surface area contributed by atoms with Crippen LogP contribution in [0.25, 0.3) is 0 Å². The van der Waals surface area contributed by atoms with Crippen LogP contribution in [-0.2, 0) is 97.9 Å². The average Bonchev–Trinajstić information content (AvgIpc) is 1.62. The molecule has 0 heterocycles. The first-order valence-corrected chi connectivity index (χ1v) is 10.2. The molecule has 0 rings (SSSR count). The SMILES string of the molecule is [O]=[Mn](=[O])(=[O])[O-].[O]=[Mn](=[O])(=[O])[O-].[O]=[Mn](=[O])(=[O])[O-].[O]=[Mn](=[O])(=[O])[O-].[Sn+4]. The predicted molar refractivity (Wildman–Crippen MR) is 14.0 cm³/mol. The third-order valence-electron chi connectivity index (χ3n) is 0. The van der Waals surface area contributed by atoms with Crippen molar-refractivity contribution < 1.29 is 115 Å². The number of hydrogen-bond acceptors (Lipinski definition) is 16. The van der Waals surface area contributed by atoms with Crippen molar-refractivity contribution in [2.24, 2.45) is 0 Å². The van der Waals surface area contributed by atoms with Crippen LogP contribution in [0, 0.1) is 0 Å². The van der Waals surface area contributed by atoms with Crippen LogP contribution >= 0.6 is 0 Å². The van der Waals surface area contributed by atoms with Crippen molar-refractivity contribution in [1.29, 1.82) is 0 Å². The van der Waals surface area contributed by atoms with Crippen molar-refractivity contribution in [1.82, 2.24) is 0 Å². The Morgan fingerprint density at radius 2 is 0.333 bits per heavy atom. The van der Waals surface area contributed by atoms with E-state index in [-0.39, 0.29) is 23.9 Å². The minimum Gasteiger partial charge on any atom is 4.00 e. The molecule has 0 N–H and O–H groups in total. The zero-order valence-corrected chi connectivity index (χ0v) is 16.1. The van der Waals surface area contributed by atoms with Gasteiger partial charge in [-0.2, -0.15) is 0 Å². The van der Waals surface area contributed by atoms with E-state index in [9.17, 15) is 0 Å². The van der Waals surface area contributed by atoms with E-state index < -0.39 is 51.9 Å². The minimum absolute atomic E-state index is 0.